The summed E-state index contributed by atoms with van der Waals surface area (Å²) in [5.41, 5.74) is 0. The van der Waals surface area contributed by atoms with Crippen molar-refractivity contribution in [2.45, 2.75) is 39.2 Å². The molecule has 5 nitrogen and oxygen atoms in total. The van der Waals surface area contributed by atoms with Gasteiger partial charge in [-0.05, 0) is 31.1 Å². The van der Waals surface area contributed by atoms with Crippen molar-refractivity contribution in [1.82, 2.24) is 4.90 Å². The fourth-order valence-electron chi connectivity index (χ4n) is 2.83. The van der Waals surface area contributed by atoms with Gasteiger partial charge in [0.25, 0.3) is 0 Å². The Kier molecular flexibility index (Phi) is 4.93. The van der Waals surface area contributed by atoms with Crippen LogP contribution in [0.4, 0.5) is 0 Å². The summed E-state index contributed by atoms with van der Waals surface area (Å²) in [6.07, 6.45) is 2.98. The Labute approximate surface area is 101 Å². The Hall–Kier alpha value is -1.10. The highest BCUT2D eigenvalue weighted by molar-refractivity contribution is 5.72. The van der Waals surface area contributed by atoms with Crippen molar-refractivity contribution in [3.8, 4) is 0 Å². The molecule has 0 amide bonds. The topological polar surface area (TPSA) is 77.8 Å². The van der Waals surface area contributed by atoms with Crippen molar-refractivity contribution in [1.29, 1.82) is 0 Å². The van der Waals surface area contributed by atoms with Crippen molar-refractivity contribution in [2.75, 3.05) is 13.1 Å². The zero-order valence-corrected chi connectivity index (χ0v) is 10.4. The third-order valence-electron chi connectivity index (χ3n) is 3.53. The van der Waals surface area contributed by atoms with Crippen LogP contribution in [-0.2, 0) is 9.59 Å². The van der Waals surface area contributed by atoms with Gasteiger partial charge in [0.15, 0.2) is 0 Å². The Morgan fingerprint density at radius 3 is 2.06 bits per heavy atom. The fraction of sp³-hybridized carbons (Fsp3) is 0.833. The minimum absolute atomic E-state index is 0.0819. The quantitative estimate of drug-likeness (QED) is 0.760. The molecule has 1 rings (SSSR count). The van der Waals surface area contributed by atoms with E-state index in [1.165, 1.54) is 0 Å². The van der Waals surface area contributed by atoms with Crippen LogP contribution in [0.25, 0.3) is 0 Å². The van der Waals surface area contributed by atoms with Crippen molar-refractivity contribution >= 4 is 11.9 Å². The molecule has 3 atom stereocenters. The van der Waals surface area contributed by atoms with Crippen molar-refractivity contribution in [3.05, 3.63) is 0 Å². The molecular formula is C12H21NO4. The lowest BCUT2D eigenvalue weighted by molar-refractivity contribution is -0.143. The van der Waals surface area contributed by atoms with Crippen LogP contribution in [0, 0.1) is 11.8 Å². The van der Waals surface area contributed by atoms with E-state index in [2.05, 4.69) is 13.8 Å². The van der Waals surface area contributed by atoms with Gasteiger partial charge in [0.05, 0.1) is 13.1 Å². The second-order valence-electron chi connectivity index (χ2n) is 5.16. The highest BCUT2D eigenvalue weighted by Crippen LogP contribution is 2.31. The number of nitrogens with zero attached hydrogens (tertiary/aromatic N) is 1. The summed E-state index contributed by atoms with van der Waals surface area (Å²) in [5, 5.41) is 17.7. The maximum absolute atomic E-state index is 10.8. The molecule has 2 N–H and O–H groups in total. The molecule has 0 aromatic heterocycles. The summed E-state index contributed by atoms with van der Waals surface area (Å²) in [7, 11) is 0. The van der Waals surface area contributed by atoms with Crippen LogP contribution in [0.3, 0.4) is 0 Å². The number of aliphatic carboxylic acids is 2. The van der Waals surface area contributed by atoms with E-state index in [4.69, 9.17) is 10.2 Å². The van der Waals surface area contributed by atoms with E-state index in [-0.39, 0.29) is 19.1 Å². The summed E-state index contributed by atoms with van der Waals surface area (Å²) >= 11 is 0. The molecule has 17 heavy (non-hydrogen) atoms. The Bertz CT molecular complexity index is 276. The molecule has 0 radical (unpaired) electrons. The Morgan fingerprint density at radius 1 is 1.12 bits per heavy atom. The average molecular weight is 243 g/mol. The minimum Gasteiger partial charge on any atom is -0.480 e. The van der Waals surface area contributed by atoms with Crippen LogP contribution < -0.4 is 0 Å². The van der Waals surface area contributed by atoms with Crippen LogP contribution in [0.15, 0.2) is 0 Å². The molecule has 1 fully saturated rings. The molecule has 1 aliphatic carbocycles. The second-order valence-corrected chi connectivity index (χ2v) is 5.16. The lowest BCUT2D eigenvalue weighted by Crippen LogP contribution is -2.47. The van der Waals surface area contributed by atoms with Crippen molar-refractivity contribution < 1.29 is 19.8 Å². The predicted octanol–water partition coefficient (Wildman–Crippen LogP) is 1.28. The molecule has 0 aromatic carbocycles. The molecule has 0 aromatic rings. The second kappa shape index (κ2) is 6.00. The monoisotopic (exact) mass is 243 g/mol. The van der Waals surface area contributed by atoms with E-state index in [0.29, 0.717) is 11.8 Å². The van der Waals surface area contributed by atoms with E-state index >= 15 is 0 Å². The number of carboxylic acids is 2. The van der Waals surface area contributed by atoms with E-state index in [1.54, 1.807) is 4.90 Å². The van der Waals surface area contributed by atoms with E-state index in [1.807, 2.05) is 0 Å². The van der Waals surface area contributed by atoms with Crippen LogP contribution in [-0.4, -0.2) is 46.2 Å². The number of carbonyl (C=O) groups is 2. The highest BCUT2D eigenvalue weighted by Gasteiger charge is 2.31. The summed E-state index contributed by atoms with van der Waals surface area (Å²) in [4.78, 5) is 23.1. The Balaban J connectivity index is 2.67. The molecular weight excluding hydrogens is 222 g/mol. The molecule has 5 heteroatoms. The third kappa shape index (κ3) is 4.34. The lowest BCUT2D eigenvalue weighted by Gasteiger charge is -2.39. The summed E-state index contributed by atoms with van der Waals surface area (Å²) in [5.74, 6) is -0.913. The van der Waals surface area contributed by atoms with Gasteiger partial charge in [0, 0.05) is 6.04 Å². The summed E-state index contributed by atoms with van der Waals surface area (Å²) in [6, 6.07) is 0.0819. The SMILES string of the molecule is CC1CCC(N(CC(=O)O)CC(=O)O)C(C)C1. The normalized spacial score (nSPS) is 29.2. The molecule has 0 spiro atoms. The van der Waals surface area contributed by atoms with E-state index < -0.39 is 11.9 Å². The van der Waals surface area contributed by atoms with Crippen LogP contribution in [0.5, 0.6) is 0 Å². The van der Waals surface area contributed by atoms with Gasteiger partial charge in [-0.3, -0.25) is 14.5 Å². The molecule has 1 saturated carbocycles. The van der Waals surface area contributed by atoms with Crippen molar-refractivity contribution in [3.63, 3.8) is 0 Å². The molecule has 0 bridgehead atoms. The zero-order chi connectivity index (χ0) is 13.0. The van der Waals surface area contributed by atoms with E-state index in [0.717, 1.165) is 19.3 Å². The standard InChI is InChI=1S/C12H21NO4/c1-8-3-4-10(9(2)5-8)13(6-11(14)15)7-12(16)17/h8-10H,3-7H2,1-2H3,(H,14,15)(H,16,17). The number of hydrogen-bond donors (Lipinski definition) is 2. The van der Waals surface area contributed by atoms with Gasteiger partial charge in [0.1, 0.15) is 0 Å². The third-order valence-corrected chi connectivity index (χ3v) is 3.53. The molecule has 98 valence electrons. The molecule has 0 aliphatic heterocycles. The van der Waals surface area contributed by atoms with Gasteiger partial charge < -0.3 is 10.2 Å². The lowest BCUT2D eigenvalue weighted by atomic mass is 9.79. The average Bonchev–Trinajstić information content (AvgIpc) is 2.14. The fourth-order valence-corrected chi connectivity index (χ4v) is 2.83. The molecule has 0 heterocycles. The largest absolute Gasteiger partial charge is 0.480 e. The predicted molar refractivity (Wildman–Crippen MR) is 62.8 cm³/mol. The summed E-state index contributed by atoms with van der Waals surface area (Å²) < 4.78 is 0. The van der Waals surface area contributed by atoms with E-state index in [9.17, 15) is 9.59 Å². The van der Waals surface area contributed by atoms with Crippen LogP contribution >= 0.6 is 0 Å². The van der Waals surface area contributed by atoms with Crippen molar-refractivity contribution in [2.24, 2.45) is 11.8 Å². The summed E-state index contributed by atoms with van der Waals surface area (Å²) in [6.45, 7) is 3.90. The molecule has 3 unspecified atom stereocenters. The Morgan fingerprint density at radius 2 is 1.65 bits per heavy atom. The first-order chi connectivity index (χ1) is 7.90. The van der Waals surface area contributed by atoms with Gasteiger partial charge in [-0.2, -0.15) is 0 Å². The van der Waals surface area contributed by atoms with Crippen LogP contribution in [0.2, 0.25) is 0 Å². The molecule has 1 aliphatic rings. The van der Waals surface area contributed by atoms with Crippen LogP contribution in [0.1, 0.15) is 33.1 Å². The van der Waals surface area contributed by atoms with Gasteiger partial charge in [0.2, 0.25) is 0 Å². The van der Waals surface area contributed by atoms with Gasteiger partial charge in [-0.15, -0.1) is 0 Å². The first kappa shape index (κ1) is 14.0. The number of rotatable bonds is 5. The first-order valence-electron chi connectivity index (χ1n) is 6.07. The van der Waals surface area contributed by atoms with Gasteiger partial charge >= 0.3 is 11.9 Å². The van der Waals surface area contributed by atoms with Gasteiger partial charge in [-0.25, -0.2) is 0 Å². The highest BCUT2D eigenvalue weighted by atomic mass is 16.4. The maximum Gasteiger partial charge on any atom is 0.317 e. The maximum atomic E-state index is 10.8. The minimum atomic E-state index is -0.961. The smallest absolute Gasteiger partial charge is 0.317 e. The first-order valence-corrected chi connectivity index (χ1v) is 6.07. The van der Waals surface area contributed by atoms with Gasteiger partial charge in [-0.1, -0.05) is 13.8 Å². The molecule has 0 saturated heterocycles. The number of hydrogen-bond acceptors (Lipinski definition) is 3. The number of carboxylic acid groups (broad SMARTS) is 2. The zero-order valence-electron chi connectivity index (χ0n) is 10.4.